The highest BCUT2D eigenvalue weighted by Crippen LogP contribution is 2.30. The Morgan fingerprint density at radius 3 is 2.37 bits per heavy atom. The number of anilines is 1. The molecule has 0 saturated carbocycles. The Balaban J connectivity index is 2.07. The Bertz CT molecular complexity index is 1040. The van der Waals surface area contributed by atoms with Gasteiger partial charge in [0.2, 0.25) is 0 Å². The summed E-state index contributed by atoms with van der Waals surface area (Å²) in [6.07, 6.45) is 1.11. The van der Waals surface area contributed by atoms with Crippen LogP contribution < -0.4 is 4.90 Å². The van der Waals surface area contributed by atoms with Gasteiger partial charge in [-0.05, 0) is 38.4 Å². The van der Waals surface area contributed by atoms with Gasteiger partial charge in [-0.1, -0.05) is 35.6 Å². The Morgan fingerprint density at radius 2 is 1.70 bits per heavy atom. The van der Waals surface area contributed by atoms with Gasteiger partial charge in [0.05, 0.1) is 20.7 Å². The first-order chi connectivity index (χ1) is 12.8. The summed E-state index contributed by atoms with van der Waals surface area (Å²) < 4.78 is 25.2. The van der Waals surface area contributed by atoms with Crippen molar-refractivity contribution in [2.75, 3.05) is 38.3 Å². The molecule has 27 heavy (non-hydrogen) atoms. The highest BCUT2D eigenvalue weighted by atomic mass is 32.2. The summed E-state index contributed by atoms with van der Waals surface area (Å²) >= 11 is 1.42. The standard InChI is InChI=1S/C19H21N3O3S2/c1-21(2)12-13-22(19-20-15-9-5-6-10-16(15)26-19)18(23)14-8-4-7-11-17(14)27(3,24)25/h4-11H,12-13H2,1-3H3. The number of benzene rings is 2. The lowest BCUT2D eigenvalue weighted by Crippen LogP contribution is -2.37. The molecule has 3 aromatic rings. The van der Waals surface area contributed by atoms with Gasteiger partial charge in [0, 0.05) is 19.3 Å². The van der Waals surface area contributed by atoms with Crippen molar-refractivity contribution >= 4 is 42.4 Å². The van der Waals surface area contributed by atoms with E-state index in [-0.39, 0.29) is 16.4 Å². The molecule has 0 N–H and O–H groups in total. The molecule has 0 atom stereocenters. The van der Waals surface area contributed by atoms with Crippen LogP contribution in [-0.2, 0) is 9.84 Å². The number of carbonyl (C=O) groups excluding carboxylic acids is 1. The summed E-state index contributed by atoms with van der Waals surface area (Å²) in [4.78, 5) is 21.5. The van der Waals surface area contributed by atoms with E-state index in [2.05, 4.69) is 4.98 Å². The lowest BCUT2D eigenvalue weighted by Gasteiger charge is -2.22. The van der Waals surface area contributed by atoms with Crippen molar-refractivity contribution < 1.29 is 13.2 Å². The summed E-state index contributed by atoms with van der Waals surface area (Å²) in [6, 6.07) is 14.0. The number of nitrogens with zero attached hydrogens (tertiary/aromatic N) is 3. The van der Waals surface area contributed by atoms with Gasteiger partial charge in [-0.3, -0.25) is 9.69 Å². The second-order valence-corrected chi connectivity index (χ2v) is 9.49. The Morgan fingerprint density at radius 1 is 1.04 bits per heavy atom. The van der Waals surface area contributed by atoms with E-state index >= 15 is 0 Å². The van der Waals surface area contributed by atoms with Gasteiger partial charge in [-0.2, -0.15) is 0 Å². The molecule has 1 aromatic heterocycles. The number of likely N-dealkylation sites (N-methyl/N-ethyl adjacent to an activating group) is 1. The van der Waals surface area contributed by atoms with Gasteiger partial charge in [-0.15, -0.1) is 0 Å². The molecule has 1 heterocycles. The average molecular weight is 404 g/mol. The first kappa shape index (κ1) is 19.5. The van der Waals surface area contributed by atoms with Crippen molar-refractivity contribution in [3.63, 3.8) is 0 Å². The number of fused-ring (bicyclic) bond motifs is 1. The highest BCUT2D eigenvalue weighted by Gasteiger charge is 2.26. The van der Waals surface area contributed by atoms with Crippen molar-refractivity contribution in [1.29, 1.82) is 0 Å². The summed E-state index contributed by atoms with van der Waals surface area (Å²) in [5.41, 5.74) is 0.981. The number of hydrogen-bond donors (Lipinski definition) is 0. The fourth-order valence-corrected chi connectivity index (χ4v) is 4.54. The largest absolute Gasteiger partial charge is 0.308 e. The molecule has 0 unspecified atom stereocenters. The van der Waals surface area contributed by atoms with Crippen molar-refractivity contribution in [3.05, 3.63) is 54.1 Å². The third-order valence-corrected chi connectivity index (χ3v) is 6.26. The maximum atomic E-state index is 13.3. The first-order valence-corrected chi connectivity index (χ1v) is 11.1. The smallest absolute Gasteiger partial charge is 0.261 e. The van der Waals surface area contributed by atoms with Crippen LogP contribution in [0.3, 0.4) is 0 Å². The number of hydrogen-bond acceptors (Lipinski definition) is 6. The zero-order chi connectivity index (χ0) is 19.6. The molecule has 0 radical (unpaired) electrons. The van der Waals surface area contributed by atoms with Gasteiger partial charge in [-0.25, -0.2) is 13.4 Å². The number of carbonyl (C=O) groups is 1. The fraction of sp³-hybridized carbons (Fsp3) is 0.263. The minimum absolute atomic E-state index is 0.0333. The number of sulfone groups is 1. The number of para-hydroxylation sites is 1. The van der Waals surface area contributed by atoms with Crippen LogP contribution in [0.25, 0.3) is 10.2 Å². The minimum Gasteiger partial charge on any atom is -0.308 e. The van der Waals surface area contributed by atoms with E-state index in [1.807, 2.05) is 43.3 Å². The first-order valence-electron chi connectivity index (χ1n) is 8.38. The van der Waals surface area contributed by atoms with E-state index in [0.29, 0.717) is 18.2 Å². The fourth-order valence-electron chi connectivity index (χ4n) is 2.67. The molecule has 1 amide bonds. The topological polar surface area (TPSA) is 70.6 Å². The van der Waals surface area contributed by atoms with Crippen LogP contribution in [0.15, 0.2) is 53.4 Å². The van der Waals surface area contributed by atoms with Gasteiger partial charge in [0.25, 0.3) is 5.91 Å². The molecule has 0 fully saturated rings. The molecular formula is C19H21N3O3S2. The molecule has 8 heteroatoms. The average Bonchev–Trinajstić information content (AvgIpc) is 3.04. The van der Waals surface area contributed by atoms with Gasteiger partial charge in [0.1, 0.15) is 0 Å². The molecule has 0 aliphatic rings. The summed E-state index contributed by atoms with van der Waals surface area (Å²) in [7, 11) is 0.319. The highest BCUT2D eigenvalue weighted by molar-refractivity contribution is 7.90. The van der Waals surface area contributed by atoms with Crippen LogP contribution >= 0.6 is 11.3 Å². The van der Waals surface area contributed by atoms with Gasteiger partial charge < -0.3 is 4.90 Å². The van der Waals surface area contributed by atoms with E-state index in [4.69, 9.17) is 0 Å². The number of thiazole rings is 1. The van der Waals surface area contributed by atoms with E-state index in [1.165, 1.54) is 17.4 Å². The van der Waals surface area contributed by atoms with Crippen LogP contribution in [-0.4, -0.2) is 57.6 Å². The van der Waals surface area contributed by atoms with Crippen molar-refractivity contribution in [1.82, 2.24) is 9.88 Å². The maximum Gasteiger partial charge on any atom is 0.261 e. The predicted molar refractivity (Wildman–Crippen MR) is 109 cm³/mol. The van der Waals surface area contributed by atoms with Crippen molar-refractivity contribution in [2.24, 2.45) is 0 Å². The minimum atomic E-state index is -3.53. The maximum absolute atomic E-state index is 13.3. The molecule has 0 aliphatic carbocycles. The zero-order valence-electron chi connectivity index (χ0n) is 15.4. The summed E-state index contributed by atoms with van der Waals surface area (Å²) in [5.74, 6) is -0.364. The van der Waals surface area contributed by atoms with Crippen LogP contribution in [0, 0.1) is 0 Å². The van der Waals surface area contributed by atoms with Crippen LogP contribution in [0.2, 0.25) is 0 Å². The Labute approximate surface area is 163 Å². The third kappa shape index (κ3) is 4.35. The predicted octanol–water partition coefficient (Wildman–Crippen LogP) is 2.91. The number of aromatic nitrogens is 1. The van der Waals surface area contributed by atoms with E-state index in [1.54, 1.807) is 23.1 Å². The third-order valence-electron chi connectivity index (χ3n) is 4.05. The molecule has 0 spiro atoms. The molecule has 3 rings (SSSR count). The molecule has 142 valence electrons. The Hall–Kier alpha value is -2.29. The zero-order valence-corrected chi connectivity index (χ0v) is 17.0. The molecule has 0 bridgehead atoms. The molecule has 0 aliphatic heterocycles. The molecular weight excluding hydrogens is 382 g/mol. The van der Waals surface area contributed by atoms with Crippen LogP contribution in [0.5, 0.6) is 0 Å². The summed E-state index contributed by atoms with van der Waals surface area (Å²) in [6.45, 7) is 1.03. The normalized spacial score (nSPS) is 11.9. The van der Waals surface area contributed by atoms with Crippen molar-refractivity contribution in [3.8, 4) is 0 Å². The molecule has 2 aromatic carbocycles. The monoisotopic (exact) mass is 403 g/mol. The van der Waals surface area contributed by atoms with E-state index < -0.39 is 9.84 Å². The van der Waals surface area contributed by atoms with Crippen LogP contribution in [0.1, 0.15) is 10.4 Å². The lowest BCUT2D eigenvalue weighted by molar-refractivity contribution is 0.0982. The van der Waals surface area contributed by atoms with E-state index in [9.17, 15) is 13.2 Å². The Kier molecular flexibility index (Phi) is 5.59. The van der Waals surface area contributed by atoms with Crippen molar-refractivity contribution in [2.45, 2.75) is 4.90 Å². The quantitative estimate of drug-likeness (QED) is 0.633. The van der Waals surface area contributed by atoms with E-state index in [0.717, 1.165) is 16.5 Å². The second-order valence-electron chi connectivity index (χ2n) is 6.49. The SMILES string of the molecule is CN(C)CCN(C(=O)c1ccccc1S(C)(=O)=O)c1nc2ccccc2s1. The number of rotatable bonds is 6. The van der Waals surface area contributed by atoms with Gasteiger partial charge in [0.15, 0.2) is 15.0 Å². The second kappa shape index (κ2) is 7.75. The summed E-state index contributed by atoms with van der Waals surface area (Å²) in [5, 5.41) is 0.561. The number of amides is 1. The molecule has 6 nitrogen and oxygen atoms in total. The van der Waals surface area contributed by atoms with Gasteiger partial charge >= 0.3 is 0 Å². The lowest BCUT2D eigenvalue weighted by atomic mass is 10.2. The van der Waals surface area contributed by atoms with Crippen LogP contribution in [0.4, 0.5) is 5.13 Å². The molecule has 0 saturated heterocycles.